The van der Waals surface area contributed by atoms with Crippen LogP contribution in [0.1, 0.15) is 38.5 Å². The zero-order chi connectivity index (χ0) is 15.2. The standard InChI is InChI=1S/C15H21ClN2O2S/c16-13-9-12(7-8-14(13)17)21(20)10-15(19)18-11-5-3-1-2-4-6-11/h7-9,11H,1-6,10,17H2,(H,18,19). The Hall–Kier alpha value is -1.07. The third kappa shape index (κ3) is 5.00. The summed E-state index contributed by atoms with van der Waals surface area (Å²) in [5.74, 6) is -0.190. The van der Waals surface area contributed by atoms with Crippen LogP contribution in [-0.4, -0.2) is 21.9 Å². The van der Waals surface area contributed by atoms with Gasteiger partial charge in [0.1, 0.15) is 5.75 Å². The van der Waals surface area contributed by atoms with Crippen molar-refractivity contribution in [1.82, 2.24) is 5.32 Å². The molecule has 1 atom stereocenters. The molecule has 0 bridgehead atoms. The first-order valence-electron chi connectivity index (χ1n) is 7.29. The van der Waals surface area contributed by atoms with E-state index >= 15 is 0 Å². The van der Waals surface area contributed by atoms with E-state index in [1.54, 1.807) is 18.2 Å². The molecule has 1 aliphatic carbocycles. The molecule has 1 aliphatic rings. The van der Waals surface area contributed by atoms with Crippen LogP contribution in [0.5, 0.6) is 0 Å². The summed E-state index contributed by atoms with van der Waals surface area (Å²) in [5.41, 5.74) is 6.06. The summed E-state index contributed by atoms with van der Waals surface area (Å²) in [6.07, 6.45) is 6.83. The molecule has 1 aromatic carbocycles. The lowest BCUT2D eigenvalue weighted by Gasteiger charge is -2.16. The van der Waals surface area contributed by atoms with Crippen LogP contribution in [0.25, 0.3) is 0 Å². The molecule has 1 fully saturated rings. The zero-order valence-corrected chi connectivity index (χ0v) is 13.5. The van der Waals surface area contributed by atoms with Gasteiger partial charge in [0.25, 0.3) is 0 Å². The maximum atomic E-state index is 12.2. The van der Waals surface area contributed by atoms with E-state index in [0.717, 1.165) is 25.7 Å². The Bertz CT molecular complexity index is 528. The Morgan fingerprint density at radius 3 is 2.57 bits per heavy atom. The lowest BCUT2D eigenvalue weighted by Crippen LogP contribution is -2.37. The van der Waals surface area contributed by atoms with E-state index in [2.05, 4.69) is 5.32 Å². The van der Waals surface area contributed by atoms with Crippen LogP contribution >= 0.6 is 11.6 Å². The molecular weight excluding hydrogens is 308 g/mol. The van der Waals surface area contributed by atoms with Crippen LogP contribution in [-0.2, 0) is 15.6 Å². The van der Waals surface area contributed by atoms with Gasteiger partial charge in [0.05, 0.1) is 21.5 Å². The number of benzene rings is 1. The van der Waals surface area contributed by atoms with E-state index in [4.69, 9.17) is 17.3 Å². The molecule has 0 saturated heterocycles. The molecule has 21 heavy (non-hydrogen) atoms. The molecule has 0 heterocycles. The van der Waals surface area contributed by atoms with Crippen LogP contribution in [0.15, 0.2) is 23.1 Å². The van der Waals surface area contributed by atoms with Crippen LogP contribution < -0.4 is 11.1 Å². The summed E-state index contributed by atoms with van der Waals surface area (Å²) in [5, 5.41) is 3.36. The van der Waals surface area contributed by atoms with Crippen molar-refractivity contribution in [2.45, 2.75) is 49.5 Å². The molecule has 1 aromatic rings. The highest BCUT2D eigenvalue weighted by Crippen LogP contribution is 2.22. The van der Waals surface area contributed by atoms with Crippen molar-refractivity contribution in [3.63, 3.8) is 0 Å². The van der Waals surface area contributed by atoms with Crippen molar-refractivity contribution >= 4 is 34.0 Å². The molecule has 6 heteroatoms. The molecule has 0 aliphatic heterocycles. The quantitative estimate of drug-likeness (QED) is 0.659. The summed E-state index contributed by atoms with van der Waals surface area (Å²) in [7, 11) is -1.39. The second kappa shape index (κ2) is 7.80. The van der Waals surface area contributed by atoms with Crippen molar-refractivity contribution in [2.24, 2.45) is 0 Å². The molecule has 0 radical (unpaired) electrons. The van der Waals surface area contributed by atoms with Crippen molar-refractivity contribution in [3.8, 4) is 0 Å². The van der Waals surface area contributed by atoms with Gasteiger partial charge in [-0.1, -0.05) is 37.3 Å². The van der Waals surface area contributed by atoms with Gasteiger partial charge in [-0.25, -0.2) is 0 Å². The lowest BCUT2D eigenvalue weighted by atomic mass is 10.1. The fraction of sp³-hybridized carbons (Fsp3) is 0.533. The van der Waals surface area contributed by atoms with Gasteiger partial charge >= 0.3 is 0 Å². The Morgan fingerprint density at radius 1 is 1.29 bits per heavy atom. The van der Waals surface area contributed by atoms with E-state index in [9.17, 15) is 9.00 Å². The summed E-state index contributed by atoms with van der Waals surface area (Å²) >= 11 is 5.91. The normalized spacial score (nSPS) is 18.0. The number of hydrogen-bond acceptors (Lipinski definition) is 3. The second-order valence-electron chi connectivity index (χ2n) is 5.43. The minimum Gasteiger partial charge on any atom is -0.398 e. The Labute approximate surface area is 132 Å². The summed E-state index contributed by atoms with van der Waals surface area (Å²) in [6.45, 7) is 0. The second-order valence-corrected chi connectivity index (χ2v) is 7.29. The molecule has 0 aromatic heterocycles. The van der Waals surface area contributed by atoms with Crippen molar-refractivity contribution in [2.75, 3.05) is 11.5 Å². The van der Waals surface area contributed by atoms with Gasteiger partial charge in [-0.05, 0) is 31.0 Å². The van der Waals surface area contributed by atoms with Gasteiger partial charge in [-0.3, -0.25) is 9.00 Å². The molecule has 0 spiro atoms. The van der Waals surface area contributed by atoms with Gasteiger partial charge < -0.3 is 11.1 Å². The Balaban J connectivity index is 1.89. The van der Waals surface area contributed by atoms with E-state index in [0.29, 0.717) is 15.6 Å². The van der Waals surface area contributed by atoms with Gasteiger partial charge in [-0.2, -0.15) is 0 Å². The monoisotopic (exact) mass is 328 g/mol. The highest BCUT2D eigenvalue weighted by Gasteiger charge is 2.17. The van der Waals surface area contributed by atoms with E-state index in [1.807, 2.05) is 0 Å². The lowest BCUT2D eigenvalue weighted by molar-refractivity contribution is -0.119. The third-order valence-electron chi connectivity index (χ3n) is 3.72. The van der Waals surface area contributed by atoms with Gasteiger partial charge in [0.2, 0.25) is 5.91 Å². The maximum Gasteiger partial charge on any atom is 0.233 e. The van der Waals surface area contributed by atoms with E-state index in [1.165, 1.54) is 12.8 Å². The van der Waals surface area contributed by atoms with Crippen LogP contribution in [0.4, 0.5) is 5.69 Å². The predicted molar refractivity (Wildman–Crippen MR) is 86.8 cm³/mol. The number of amides is 1. The van der Waals surface area contributed by atoms with Gasteiger partial charge in [0, 0.05) is 10.9 Å². The minimum atomic E-state index is -1.39. The van der Waals surface area contributed by atoms with Crippen molar-refractivity contribution in [1.29, 1.82) is 0 Å². The molecule has 3 N–H and O–H groups in total. The fourth-order valence-corrected chi connectivity index (χ4v) is 3.75. The predicted octanol–water partition coefficient (Wildman–Crippen LogP) is 2.87. The minimum absolute atomic E-state index is 0.0310. The Morgan fingerprint density at radius 2 is 1.95 bits per heavy atom. The van der Waals surface area contributed by atoms with Crippen LogP contribution in [0.3, 0.4) is 0 Å². The largest absolute Gasteiger partial charge is 0.398 e. The number of nitrogens with one attached hydrogen (secondary N) is 1. The molecule has 4 nitrogen and oxygen atoms in total. The molecule has 116 valence electrons. The number of carbonyl (C=O) groups is 1. The Kier molecular flexibility index (Phi) is 6.06. The smallest absolute Gasteiger partial charge is 0.233 e. The van der Waals surface area contributed by atoms with Crippen molar-refractivity contribution < 1.29 is 9.00 Å². The zero-order valence-electron chi connectivity index (χ0n) is 11.9. The SMILES string of the molecule is Nc1ccc(S(=O)CC(=O)NC2CCCCCC2)cc1Cl. The fourth-order valence-electron chi connectivity index (χ4n) is 2.54. The topological polar surface area (TPSA) is 72.2 Å². The highest BCUT2D eigenvalue weighted by atomic mass is 35.5. The number of nitrogen functional groups attached to an aromatic ring is 1. The highest BCUT2D eigenvalue weighted by molar-refractivity contribution is 7.85. The first-order chi connectivity index (χ1) is 10.1. The van der Waals surface area contributed by atoms with E-state index < -0.39 is 10.8 Å². The van der Waals surface area contributed by atoms with E-state index in [-0.39, 0.29) is 17.7 Å². The molecular formula is C15H21ClN2O2S. The maximum absolute atomic E-state index is 12.2. The van der Waals surface area contributed by atoms with Crippen LogP contribution in [0, 0.1) is 0 Å². The average Bonchev–Trinajstić information content (AvgIpc) is 2.70. The first kappa shape index (κ1) is 16.3. The first-order valence-corrected chi connectivity index (χ1v) is 8.98. The molecule has 1 amide bonds. The van der Waals surface area contributed by atoms with Gasteiger partial charge in [0.15, 0.2) is 0 Å². The average molecular weight is 329 g/mol. The van der Waals surface area contributed by atoms with Crippen LogP contribution in [0.2, 0.25) is 5.02 Å². The number of halogens is 1. The summed E-state index contributed by atoms with van der Waals surface area (Å²) in [6, 6.07) is 5.05. The van der Waals surface area contributed by atoms with Crippen molar-refractivity contribution in [3.05, 3.63) is 23.2 Å². The number of anilines is 1. The molecule has 2 rings (SSSR count). The molecule has 1 saturated carbocycles. The number of rotatable bonds is 4. The third-order valence-corrected chi connectivity index (χ3v) is 5.35. The summed E-state index contributed by atoms with van der Waals surface area (Å²) in [4.78, 5) is 12.5. The number of nitrogens with two attached hydrogens (primary N) is 1. The summed E-state index contributed by atoms with van der Waals surface area (Å²) < 4.78 is 12.2. The molecule has 1 unspecified atom stereocenters. The number of carbonyl (C=O) groups excluding carboxylic acids is 1. The number of hydrogen-bond donors (Lipinski definition) is 2. The van der Waals surface area contributed by atoms with Gasteiger partial charge in [-0.15, -0.1) is 0 Å².